The standard InChI is InChI=1S/C24H22O7/c1-24(2)30-21-20(27-13-14-8-4-3-5-9-14)19(29-23(21)31-24)18(25)16-12-15-10-6-7-11-17(15)28-22(16)26/h3-12,19-21,23H,13H2,1-2H3/t19-,20+,21-,23-/m1/s1. The topological polar surface area (TPSA) is 84.2 Å². The molecule has 0 unspecified atom stereocenters. The van der Waals surface area contributed by atoms with Crippen LogP contribution in [0.4, 0.5) is 0 Å². The number of ketones is 1. The maximum absolute atomic E-state index is 13.3. The highest BCUT2D eigenvalue weighted by atomic mass is 16.8. The van der Waals surface area contributed by atoms with Crippen LogP contribution in [0.5, 0.6) is 0 Å². The molecule has 31 heavy (non-hydrogen) atoms. The van der Waals surface area contributed by atoms with Gasteiger partial charge in [0.15, 0.2) is 18.2 Å². The quantitative estimate of drug-likeness (QED) is 0.460. The van der Waals surface area contributed by atoms with E-state index in [9.17, 15) is 9.59 Å². The van der Waals surface area contributed by atoms with Gasteiger partial charge in [-0.05, 0) is 31.5 Å². The predicted molar refractivity (Wildman–Crippen MR) is 111 cm³/mol. The van der Waals surface area contributed by atoms with Crippen LogP contribution in [0.3, 0.4) is 0 Å². The van der Waals surface area contributed by atoms with Crippen LogP contribution in [0.1, 0.15) is 29.8 Å². The summed E-state index contributed by atoms with van der Waals surface area (Å²) in [5, 5.41) is 0.652. The average Bonchev–Trinajstić information content (AvgIpc) is 3.23. The lowest BCUT2D eigenvalue weighted by Gasteiger charge is -2.25. The van der Waals surface area contributed by atoms with E-state index in [1.54, 1.807) is 32.0 Å². The summed E-state index contributed by atoms with van der Waals surface area (Å²) in [6.07, 6.45) is -3.17. The molecule has 2 fully saturated rings. The van der Waals surface area contributed by atoms with Gasteiger partial charge in [-0.25, -0.2) is 4.79 Å². The van der Waals surface area contributed by atoms with Gasteiger partial charge < -0.3 is 23.4 Å². The van der Waals surface area contributed by atoms with Crippen molar-refractivity contribution in [1.29, 1.82) is 0 Å². The zero-order chi connectivity index (χ0) is 21.6. The first kappa shape index (κ1) is 20.1. The molecule has 0 radical (unpaired) electrons. The zero-order valence-electron chi connectivity index (χ0n) is 17.1. The minimum atomic E-state index is -1.06. The van der Waals surface area contributed by atoms with Gasteiger partial charge in [-0.15, -0.1) is 0 Å². The molecule has 160 valence electrons. The van der Waals surface area contributed by atoms with Crippen molar-refractivity contribution in [3.8, 4) is 0 Å². The number of hydrogen-bond acceptors (Lipinski definition) is 7. The van der Waals surface area contributed by atoms with E-state index < -0.39 is 41.8 Å². The highest BCUT2D eigenvalue weighted by Gasteiger charge is 2.57. The molecule has 2 aliphatic rings. The summed E-state index contributed by atoms with van der Waals surface area (Å²) in [5.41, 5.74) is 0.559. The van der Waals surface area contributed by atoms with Gasteiger partial charge in [0, 0.05) is 5.39 Å². The number of rotatable bonds is 5. The van der Waals surface area contributed by atoms with Gasteiger partial charge in [0.25, 0.3) is 0 Å². The first-order valence-electron chi connectivity index (χ1n) is 10.1. The fourth-order valence-corrected chi connectivity index (χ4v) is 4.03. The first-order chi connectivity index (χ1) is 14.9. The molecular formula is C24H22O7. The Morgan fingerprint density at radius 1 is 1.03 bits per heavy atom. The highest BCUT2D eigenvalue weighted by Crippen LogP contribution is 2.39. The summed E-state index contributed by atoms with van der Waals surface area (Å²) in [6.45, 7) is 3.81. The summed E-state index contributed by atoms with van der Waals surface area (Å²) in [6, 6.07) is 18.1. The van der Waals surface area contributed by atoms with Gasteiger partial charge >= 0.3 is 5.63 Å². The molecule has 0 N–H and O–H groups in total. The minimum absolute atomic E-state index is 0.0868. The number of carbonyl (C=O) groups excluding carboxylic acids is 1. The van der Waals surface area contributed by atoms with Gasteiger partial charge in [0.2, 0.25) is 5.78 Å². The second-order valence-corrected chi connectivity index (χ2v) is 8.14. The Morgan fingerprint density at radius 3 is 2.58 bits per heavy atom. The number of Topliss-reactive ketones (excluding diaryl/α,β-unsaturated/α-hetero) is 1. The molecule has 2 aromatic carbocycles. The van der Waals surface area contributed by atoms with Gasteiger partial charge in [0.1, 0.15) is 23.4 Å². The summed E-state index contributed by atoms with van der Waals surface area (Å²) < 4.78 is 29.1. The van der Waals surface area contributed by atoms with Crippen molar-refractivity contribution in [2.24, 2.45) is 0 Å². The van der Waals surface area contributed by atoms with Crippen LogP contribution < -0.4 is 5.63 Å². The van der Waals surface area contributed by atoms with Crippen LogP contribution in [0.15, 0.2) is 69.9 Å². The SMILES string of the molecule is CC1(C)O[C@H]2O[C@H](C(=O)c3cc4ccccc4oc3=O)[C@H](OCc3ccccc3)[C@H]2O1. The number of carbonyl (C=O) groups is 1. The fraction of sp³-hybridized carbons (Fsp3) is 0.333. The Hall–Kier alpha value is -2.84. The molecule has 5 rings (SSSR count). The maximum atomic E-state index is 13.3. The predicted octanol–water partition coefficient (Wildman–Crippen LogP) is 3.44. The van der Waals surface area contributed by atoms with Crippen molar-refractivity contribution in [1.82, 2.24) is 0 Å². The fourth-order valence-electron chi connectivity index (χ4n) is 4.03. The van der Waals surface area contributed by atoms with Gasteiger partial charge in [-0.2, -0.15) is 0 Å². The number of benzene rings is 2. The molecule has 3 aromatic rings. The van der Waals surface area contributed by atoms with E-state index in [0.29, 0.717) is 11.0 Å². The Bertz CT molecular complexity index is 1170. The smallest absolute Gasteiger partial charge is 0.347 e. The van der Waals surface area contributed by atoms with Crippen LogP contribution in [-0.4, -0.2) is 36.2 Å². The lowest BCUT2D eigenvalue weighted by molar-refractivity contribution is -0.212. The molecule has 7 heteroatoms. The van der Waals surface area contributed by atoms with Gasteiger partial charge in [-0.3, -0.25) is 4.79 Å². The molecule has 0 spiro atoms. The molecule has 2 saturated heterocycles. The Morgan fingerprint density at radius 2 is 1.77 bits per heavy atom. The largest absolute Gasteiger partial charge is 0.422 e. The number of hydrogen-bond donors (Lipinski definition) is 0. The van der Waals surface area contributed by atoms with E-state index >= 15 is 0 Å². The van der Waals surface area contributed by atoms with Crippen LogP contribution in [0.2, 0.25) is 0 Å². The van der Waals surface area contributed by atoms with Crippen LogP contribution >= 0.6 is 0 Å². The number of ether oxygens (including phenoxy) is 4. The third-order valence-electron chi connectivity index (χ3n) is 5.44. The second-order valence-electron chi connectivity index (χ2n) is 8.14. The number of para-hydroxylation sites is 1. The van der Waals surface area contributed by atoms with Gasteiger partial charge in [-0.1, -0.05) is 48.5 Å². The Balaban J connectivity index is 1.45. The molecule has 2 aliphatic heterocycles. The molecule has 3 heterocycles. The van der Waals surface area contributed by atoms with E-state index in [-0.39, 0.29) is 12.2 Å². The number of fused-ring (bicyclic) bond motifs is 2. The summed E-state index contributed by atoms with van der Waals surface area (Å²) >= 11 is 0. The van der Waals surface area contributed by atoms with Crippen LogP contribution in [-0.2, 0) is 25.6 Å². The third-order valence-corrected chi connectivity index (χ3v) is 5.44. The van der Waals surface area contributed by atoms with Crippen LogP contribution in [0.25, 0.3) is 11.0 Å². The van der Waals surface area contributed by atoms with E-state index in [1.807, 2.05) is 36.4 Å². The Kier molecular flexibility index (Phi) is 4.98. The Labute approximate surface area is 178 Å². The first-order valence-corrected chi connectivity index (χ1v) is 10.1. The van der Waals surface area contributed by atoms with Crippen molar-refractivity contribution in [3.05, 3.63) is 82.2 Å². The molecule has 0 amide bonds. The van der Waals surface area contributed by atoms with Crippen molar-refractivity contribution >= 4 is 16.8 Å². The second kappa shape index (κ2) is 7.69. The van der Waals surface area contributed by atoms with Crippen molar-refractivity contribution in [2.45, 2.75) is 50.8 Å². The molecule has 4 atom stereocenters. The van der Waals surface area contributed by atoms with Gasteiger partial charge in [0.05, 0.1) is 6.61 Å². The van der Waals surface area contributed by atoms with Crippen molar-refractivity contribution < 1.29 is 28.2 Å². The van der Waals surface area contributed by atoms with Crippen molar-refractivity contribution in [2.75, 3.05) is 0 Å². The normalized spacial score (nSPS) is 26.8. The molecular weight excluding hydrogens is 400 g/mol. The maximum Gasteiger partial charge on any atom is 0.347 e. The summed E-state index contributed by atoms with van der Waals surface area (Å²) in [5.74, 6) is -1.38. The molecule has 0 aliphatic carbocycles. The average molecular weight is 422 g/mol. The summed E-state index contributed by atoms with van der Waals surface area (Å²) in [4.78, 5) is 25.9. The zero-order valence-corrected chi connectivity index (χ0v) is 17.1. The summed E-state index contributed by atoms with van der Waals surface area (Å²) in [7, 11) is 0. The van der Waals surface area contributed by atoms with Crippen LogP contribution in [0, 0.1) is 0 Å². The lowest BCUT2D eigenvalue weighted by atomic mass is 10.0. The molecule has 1 aromatic heterocycles. The third kappa shape index (κ3) is 3.81. The molecule has 7 nitrogen and oxygen atoms in total. The molecule has 0 saturated carbocycles. The van der Waals surface area contributed by atoms with E-state index in [4.69, 9.17) is 23.4 Å². The monoisotopic (exact) mass is 422 g/mol. The van der Waals surface area contributed by atoms with E-state index in [1.165, 1.54) is 6.07 Å². The lowest BCUT2D eigenvalue weighted by Crippen LogP contribution is -2.41. The molecule has 0 bridgehead atoms. The highest BCUT2D eigenvalue weighted by molar-refractivity contribution is 6.01. The van der Waals surface area contributed by atoms with E-state index in [2.05, 4.69) is 0 Å². The minimum Gasteiger partial charge on any atom is -0.422 e. The van der Waals surface area contributed by atoms with E-state index in [0.717, 1.165) is 5.56 Å². The van der Waals surface area contributed by atoms with Crippen molar-refractivity contribution in [3.63, 3.8) is 0 Å².